The van der Waals surface area contributed by atoms with Crippen LogP contribution in [0.4, 0.5) is 10.2 Å². The minimum absolute atomic E-state index is 0.301. The molecule has 0 aliphatic heterocycles. The fourth-order valence-corrected chi connectivity index (χ4v) is 2.46. The van der Waals surface area contributed by atoms with Crippen molar-refractivity contribution in [3.63, 3.8) is 0 Å². The molecule has 3 aromatic rings. The minimum atomic E-state index is -0.301. The van der Waals surface area contributed by atoms with Crippen molar-refractivity contribution in [2.24, 2.45) is 7.05 Å². The molecular formula is C17H16FN3. The highest BCUT2D eigenvalue weighted by molar-refractivity contribution is 5.88. The van der Waals surface area contributed by atoms with E-state index in [1.165, 1.54) is 6.07 Å². The van der Waals surface area contributed by atoms with Crippen molar-refractivity contribution >= 4 is 5.82 Å². The van der Waals surface area contributed by atoms with Crippen LogP contribution in [-0.2, 0) is 7.05 Å². The minimum Gasteiger partial charge on any atom is -0.383 e. The van der Waals surface area contributed by atoms with Crippen molar-refractivity contribution in [2.45, 2.75) is 6.92 Å². The number of aryl methyl sites for hydroxylation is 2. The molecule has 0 amide bonds. The molecule has 0 atom stereocenters. The van der Waals surface area contributed by atoms with Crippen LogP contribution >= 0.6 is 0 Å². The number of benzene rings is 2. The summed E-state index contributed by atoms with van der Waals surface area (Å²) in [6.07, 6.45) is 0. The van der Waals surface area contributed by atoms with Crippen molar-refractivity contribution in [1.29, 1.82) is 0 Å². The van der Waals surface area contributed by atoms with E-state index in [1.807, 2.05) is 31.2 Å². The number of nitrogens with zero attached hydrogens (tertiary/aromatic N) is 2. The number of nitrogen functional groups attached to an aromatic ring is 1. The number of halogens is 1. The van der Waals surface area contributed by atoms with Gasteiger partial charge in [0.25, 0.3) is 0 Å². The van der Waals surface area contributed by atoms with Crippen molar-refractivity contribution in [2.75, 3.05) is 5.73 Å². The highest BCUT2D eigenvalue weighted by Crippen LogP contribution is 2.36. The van der Waals surface area contributed by atoms with Gasteiger partial charge < -0.3 is 5.73 Å². The molecule has 2 N–H and O–H groups in total. The maximum absolute atomic E-state index is 14.1. The van der Waals surface area contributed by atoms with Gasteiger partial charge in [0.15, 0.2) is 0 Å². The monoisotopic (exact) mass is 281 g/mol. The molecule has 21 heavy (non-hydrogen) atoms. The van der Waals surface area contributed by atoms with Crippen LogP contribution < -0.4 is 5.73 Å². The highest BCUT2D eigenvalue weighted by Gasteiger charge is 2.19. The summed E-state index contributed by atoms with van der Waals surface area (Å²) in [7, 11) is 1.76. The van der Waals surface area contributed by atoms with Crippen LogP contribution in [0.25, 0.3) is 22.4 Å². The van der Waals surface area contributed by atoms with E-state index in [-0.39, 0.29) is 5.82 Å². The predicted molar refractivity (Wildman–Crippen MR) is 83.2 cm³/mol. The quantitative estimate of drug-likeness (QED) is 0.776. The molecule has 0 spiro atoms. The van der Waals surface area contributed by atoms with Gasteiger partial charge in [-0.3, -0.25) is 4.68 Å². The average molecular weight is 281 g/mol. The zero-order valence-corrected chi connectivity index (χ0v) is 12.0. The van der Waals surface area contributed by atoms with Crippen LogP contribution in [0.5, 0.6) is 0 Å². The Morgan fingerprint density at radius 3 is 2.57 bits per heavy atom. The van der Waals surface area contributed by atoms with Crippen molar-refractivity contribution < 1.29 is 4.39 Å². The number of rotatable bonds is 2. The molecule has 0 saturated carbocycles. The molecule has 0 unspecified atom stereocenters. The molecule has 3 nitrogen and oxygen atoms in total. The maximum Gasteiger partial charge on any atom is 0.132 e. The summed E-state index contributed by atoms with van der Waals surface area (Å²) in [5.41, 5.74) is 10.0. The summed E-state index contributed by atoms with van der Waals surface area (Å²) in [5.74, 6) is 0.225. The summed E-state index contributed by atoms with van der Waals surface area (Å²) in [5, 5.41) is 4.40. The molecule has 0 bridgehead atoms. The van der Waals surface area contributed by atoms with E-state index in [1.54, 1.807) is 29.9 Å². The summed E-state index contributed by atoms with van der Waals surface area (Å²) in [6.45, 7) is 2.01. The van der Waals surface area contributed by atoms with Gasteiger partial charge in [-0.2, -0.15) is 5.10 Å². The number of aromatic nitrogens is 2. The zero-order chi connectivity index (χ0) is 15.0. The van der Waals surface area contributed by atoms with Gasteiger partial charge in [0, 0.05) is 12.6 Å². The third kappa shape index (κ3) is 2.29. The van der Waals surface area contributed by atoms with Gasteiger partial charge in [0.05, 0.1) is 5.56 Å². The summed E-state index contributed by atoms with van der Waals surface area (Å²) in [6, 6.07) is 14.6. The molecule has 0 fully saturated rings. The molecule has 3 rings (SSSR count). The third-order valence-corrected chi connectivity index (χ3v) is 3.53. The first kappa shape index (κ1) is 13.4. The Kier molecular flexibility index (Phi) is 3.22. The second-order valence-electron chi connectivity index (χ2n) is 5.08. The van der Waals surface area contributed by atoms with E-state index in [9.17, 15) is 4.39 Å². The number of nitrogens with two attached hydrogens (primary N) is 1. The second-order valence-corrected chi connectivity index (χ2v) is 5.08. The molecular weight excluding hydrogens is 265 g/mol. The normalized spacial score (nSPS) is 10.8. The lowest BCUT2D eigenvalue weighted by atomic mass is 9.99. The number of hydrogen-bond donors (Lipinski definition) is 1. The molecule has 4 heteroatoms. The van der Waals surface area contributed by atoms with E-state index >= 15 is 0 Å². The topological polar surface area (TPSA) is 43.8 Å². The van der Waals surface area contributed by atoms with E-state index in [2.05, 4.69) is 5.10 Å². The third-order valence-electron chi connectivity index (χ3n) is 3.53. The van der Waals surface area contributed by atoms with Crippen LogP contribution in [0.3, 0.4) is 0 Å². The molecule has 0 saturated heterocycles. The van der Waals surface area contributed by atoms with E-state index in [0.717, 1.165) is 16.7 Å². The molecule has 0 aliphatic rings. The van der Waals surface area contributed by atoms with Crippen molar-refractivity contribution in [1.82, 2.24) is 9.78 Å². The lowest BCUT2D eigenvalue weighted by molar-refractivity contribution is 0.630. The molecule has 0 aliphatic carbocycles. The Bertz CT molecular complexity index is 806. The molecule has 0 radical (unpaired) electrons. The van der Waals surface area contributed by atoms with Gasteiger partial charge >= 0.3 is 0 Å². The number of anilines is 1. The maximum atomic E-state index is 14.1. The van der Waals surface area contributed by atoms with Gasteiger partial charge in [0.2, 0.25) is 0 Å². The smallest absolute Gasteiger partial charge is 0.132 e. The number of hydrogen-bond acceptors (Lipinski definition) is 2. The van der Waals surface area contributed by atoms with E-state index in [0.29, 0.717) is 17.1 Å². The first-order valence-corrected chi connectivity index (χ1v) is 6.72. The highest BCUT2D eigenvalue weighted by atomic mass is 19.1. The standard InChI is InChI=1S/C17H16FN3/c1-11-6-5-7-12(10-11)15-16(20-21(2)17(15)19)13-8-3-4-9-14(13)18/h3-10H,19H2,1-2H3. The molecule has 1 aromatic heterocycles. The molecule has 2 aromatic carbocycles. The molecule has 106 valence electrons. The van der Waals surface area contributed by atoms with Crippen LogP contribution in [-0.4, -0.2) is 9.78 Å². The summed E-state index contributed by atoms with van der Waals surface area (Å²) < 4.78 is 15.7. The lowest BCUT2D eigenvalue weighted by Crippen LogP contribution is -1.98. The lowest BCUT2D eigenvalue weighted by Gasteiger charge is -2.06. The van der Waals surface area contributed by atoms with Gasteiger partial charge in [-0.25, -0.2) is 4.39 Å². The van der Waals surface area contributed by atoms with Crippen LogP contribution in [0.15, 0.2) is 48.5 Å². The Morgan fingerprint density at radius 2 is 1.86 bits per heavy atom. The second kappa shape index (κ2) is 5.05. The SMILES string of the molecule is Cc1cccc(-c2c(-c3ccccc3F)nn(C)c2N)c1. The summed E-state index contributed by atoms with van der Waals surface area (Å²) in [4.78, 5) is 0. The summed E-state index contributed by atoms with van der Waals surface area (Å²) >= 11 is 0. The van der Waals surface area contributed by atoms with Crippen molar-refractivity contribution in [3.8, 4) is 22.4 Å². The van der Waals surface area contributed by atoms with Gasteiger partial charge in [-0.15, -0.1) is 0 Å². The van der Waals surface area contributed by atoms with Gasteiger partial charge in [-0.1, -0.05) is 42.0 Å². The van der Waals surface area contributed by atoms with Gasteiger partial charge in [-0.05, 0) is 24.6 Å². The predicted octanol–water partition coefficient (Wildman–Crippen LogP) is 3.78. The van der Waals surface area contributed by atoms with Crippen LogP contribution in [0.2, 0.25) is 0 Å². The van der Waals surface area contributed by atoms with E-state index < -0.39 is 0 Å². The van der Waals surface area contributed by atoms with E-state index in [4.69, 9.17) is 5.73 Å². The van der Waals surface area contributed by atoms with Crippen LogP contribution in [0.1, 0.15) is 5.56 Å². The Morgan fingerprint density at radius 1 is 1.10 bits per heavy atom. The Balaban J connectivity index is 2.29. The van der Waals surface area contributed by atoms with Crippen LogP contribution in [0, 0.1) is 12.7 Å². The first-order chi connectivity index (χ1) is 10.1. The van der Waals surface area contributed by atoms with Gasteiger partial charge in [0.1, 0.15) is 17.3 Å². The Hall–Kier alpha value is -2.62. The zero-order valence-electron chi connectivity index (χ0n) is 12.0. The largest absolute Gasteiger partial charge is 0.383 e. The fraction of sp³-hybridized carbons (Fsp3) is 0.118. The fourth-order valence-electron chi connectivity index (χ4n) is 2.46. The average Bonchev–Trinajstić information content (AvgIpc) is 2.75. The first-order valence-electron chi connectivity index (χ1n) is 6.72. The van der Waals surface area contributed by atoms with Crippen molar-refractivity contribution in [3.05, 3.63) is 59.9 Å². The Labute approximate surface area is 122 Å². The molecule has 1 heterocycles.